The number of imidazole rings is 1. The number of azide groups is 1. The van der Waals surface area contributed by atoms with Crippen molar-refractivity contribution in [3.05, 3.63) is 27.1 Å². The van der Waals surface area contributed by atoms with Gasteiger partial charge in [0.05, 0.1) is 25.6 Å². The first-order valence-electron chi connectivity index (χ1n) is 11.3. The number of phosphoric ester groups is 2. The van der Waals surface area contributed by atoms with Gasteiger partial charge >= 0.3 is 15.6 Å². The summed E-state index contributed by atoms with van der Waals surface area (Å²) in [6.07, 6.45) is -12.9. The van der Waals surface area contributed by atoms with Gasteiger partial charge in [-0.25, -0.2) is 14.1 Å². The molecule has 25 heteroatoms. The first-order valence-corrected chi connectivity index (χ1v) is 14.3. The predicted molar refractivity (Wildman–Crippen MR) is 127 cm³/mol. The Morgan fingerprint density at radius 3 is 2.46 bits per heavy atom. The summed E-state index contributed by atoms with van der Waals surface area (Å²) < 4.78 is 49.7. The van der Waals surface area contributed by atoms with Gasteiger partial charge in [-0.1, -0.05) is 5.11 Å². The molecule has 2 aromatic rings. The fraction of sp³-hybridized carbons (Fsp3) is 0.688. The highest BCUT2D eigenvalue weighted by molar-refractivity contribution is 7.61. The van der Waals surface area contributed by atoms with Crippen LogP contribution >= 0.6 is 15.6 Å². The number of aliphatic hydroxyl groups is 5. The van der Waals surface area contributed by atoms with Crippen LogP contribution in [0, 0.1) is 0 Å². The summed E-state index contributed by atoms with van der Waals surface area (Å²) in [7, 11) is -11.2. The van der Waals surface area contributed by atoms with Gasteiger partial charge < -0.3 is 50.5 Å². The first kappa shape index (κ1) is 31.4. The number of phosphoric acid groups is 2. The highest BCUT2D eigenvalue weighted by Crippen LogP contribution is 2.61. The Kier molecular flexibility index (Phi) is 9.16. The smallest absolute Gasteiger partial charge is 0.394 e. The van der Waals surface area contributed by atoms with Crippen LogP contribution in [0.5, 0.6) is 0 Å². The lowest BCUT2D eigenvalue weighted by Gasteiger charge is -2.40. The first-order chi connectivity index (χ1) is 19.2. The molecule has 0 aromatic carbocycles. The number of anilines is 1. The maximum atomic E-state index is 12.4. The Labute approximate surface area is 226 Å². The molecular weight excluding hydrogens is 606 g/mol. The zero-order valence-corrected chi connectivity index (χ0v) is 22.0. The average Bonchev–Trinajstić information content (AvgIpc) is 3.42. The maximum Gasteiger partial charge on any atom is 0.483 e. The molecule has 11 atom stereocenters. The zero-order chi connectivity index (χ0) is 30.3. The van der Waals surface area contributed by atoms with Crippen molar-refractivity contribution in [1.29, 1.82) is 0 Å². The van der Waals surface area contributed by atoms with Crippen molar-refractivity contribution >= 4 is 32.8 Å². The monoisotopic (exact) mass is 630 g/mol. The van der Waals surface area contributed by atoms with Crippen molar-refractivity contribution in [2.75, 3.05) is 18.9 Å². The van der Waals surface area contributed by atoms with Gasteiger partial charge in [-0.05, 0) is 5.53 Å². The molecule has 2 fully saturated rings. The Balaban J connectivity index is 1.42. The van der Waals surface area contributed by atoms with E-state index in [1.807, 2.05) is 0 Å². The van der Waals surface area contributed by atoms with Gasteiger partial charge in [0, 0.05) is 4.91 Å². The highest BCUT2D eigenvalue weighted by Gasteiger charge is 2.50. The number of hydrogen-bond donors (Lipinski definition) is 9. The number of aromatic nitrogens is 4. The fourth-order valence-corrected chi connectivity index (χ4v) is 6.19. The molecule has 23 nitrogen and oxygen atoms in total. The van der Waals surface area contributed by atoms with Crippen LogP contribution in [0.3, 0.4) is 0 Å². The van der Waals surface area contributed by atoms with E-state index in [4.69, 9.17) is 20.7 Å². The second kappa shape index (κ2) is 12.0. The van der Waals surface area contributed by atoms with Gasteiger partial charge in [0.25, 0.3) is 5.56 Å². The number of nitrogens with zero attached hydrogens (tertiary/aromatic N) is 6. The number of ether oxygens (including phenoxy) is 2. The van der Waals surface area contributed by atoms with Crippen LogP contribution in [-0.4, -0.2) is 117 Å². The van der Waals surface area contributed by atoms with Crippen LogP contribution in [0.15, 0.2) is 16.2 Å². The van der Waals surface area contributed by atoms with E-state index in [1.54, 1.807) is 0 Å². The van der Waals surface area contributed by atoms with Crippen molar-refractivity contribution in [3.63, 3.8) is 0 Å². The van der Waals surface area contributed by atoms with Gasteiger partial charge in [-0.3, -0.25) is 23.4 Å². The van der Waals surface area contributed by atoms with E-state index in [2.05, 4.69) is 38.3 Å². The van der Waals surface area contributed by atoms with Crippen LogP contribution < -0.4 is 11.3 Å². The van der Waals surface area contributed by atoms with Crippen molar-refractivity contribution in [3.8, 4) is 0 Å². The molecule has 2 unspecified atom stereocenters. The summed E-state index contributed by atoms with van der Waals surface area (Å²) >= 11 is 0. The molecule has 0 spiro atoms. The average molecular weight is 630 g/mol. The molecule has 4 rings (SSSR count). The SMILES string of the molecule is [N-]=[N+]=N[C@H]1[C@@H](OP(=O)(O)OP(=O)(O)OC[C@H]2O[C@@H](n3cnc4c(=O)[nH]c(N)nc43)[C@H](O)[C@@H]2O)O[C@H](CO)[C@@H](O)[C@@H]1O. The Bertz CT molecular complexity index is 1470. The summed E-state index contributed by atoms with van der Waals surface area (Å²) in [6, 6.07) is -1.86. The molecule has 0 bridgehead atoms. The molecule has 0 aliphatic carbocycles. The molecular formula is C16H24N8O15P2. The highest BCUT2D eigenvalue weighted by atomic mass is 31.3. The van der Waals surface area contributed by atoms with E-state index in [1.165, 1.54) is 0 Å². The minimum Gasteiger partial charge on any atom is -0.394 e. The third-order valence-electron chi connectivity index (χ3n) is 5.94. The molecule has 0 saturated carbocycles. The molecule has 4 heterocycles. The number of nitrogen functional groups attached to an aromatic ring is 1. The number of rotatable bonds is 10. The molecule has 0 amide bonds. The standard InChI is InChI=1S/C16H24N8O15P2/c17-16-20-12-7(13(30)21-16)19-3-24(12)14-11(29)9(27)5(36-14)2-35-40(31,32)39-41(33,34)38-15-6(22-23-18)10(28)8(26)4(1-25)37-15/h3-6,8-11,14-15,25-29H,1-2H2,(H,31,32)(H,33,34)(H3,17,20,21,30)/t4-,5-,6-,8-,9-,10-,11-,14-,15-/m1/s1. The number of H-pyrrole nitrogens is 1. The Morgan fingerprint density at radius 2 is 1.80 bits per heavy atom. The van der Waals surface area contributed by atoms with E-state index < -0.39 is 89.6 Å². The molecule has 2 aliphatic heterocycles. The summed E-state index contributed by atoms with van der Waals surface area (Å²) in [5.74, 6) is -0.284. The minimum absolute atomic E-state index is 0.122. The van der Waals surface area contributed by atoms with Crippen molar-refractivity contribution < 1.29 is 67.3 Å². The number of nitrogens with two attached hydrogens (primary N) is 1. The van der Waals surface area contributed by atoms with Gasteiger partial charge in [0.2, 0.25) is 5.95 Å². The van der Waals surface area contributed by atoms with Crippen molar-refractivity contribution in [2.45, 2.75) is 55.2 Å². The Hall–Kier alpha value is -2.56. The van der Waals surface area contributed by atoms with Crippen LogP contribution in [0.4, 0.5) is 5.95 Å². The lowest BCUT2D eigenvalue weighted by molar-refractivity contribution is -0.242. The summed E-state index contributed by atoms with van der Waals surface area (Å²) in [5, 5.41) is 53.1. The topological polar surface area (TPSA) is 360 Å². The van der Waals surface area contributed by atoms with Crippen molar-refractivity contribution in [2.24, 2.45) is 5.11 Å². The van der Waals surface area contributed by atoms with Gasteiger partial charge in [-0.15, -0.1) is 0 Å². The quantitative estimate of drug-likeness (QED) is 0.0536. The summed E-state index contributed by atoms with van der Waals surface area (Å²) in [4.78, 5) is 44.3. The van der Waals surface area contributed by atoms with Crippen molar-refractivity contribution in [1.82, 2.24) is 19.5 Å². The van der Waals surface area contributed by atoms with E-state index in [0.29, 0.717) is 0 Å². The van der Waals surface area contributed by atoms with Gasteiger partial charge in [0.15, 0.2) is 23.7 Å². The molecule has 0 radical (unpaired) electrons. The summed E-state index contributed by atoms with van der Waals surface area (Å²) in [5.41, 5.74) is 13.2. The van der Waals surface area contributed by atoms with Crippen LogP contribution in [-0.2, 0) is 32.0 Å². The fourth-order valence-electron chi connectivity index (χ4n) is 4.03. The number of fused-ring (bicyclic) bond motifs is 1. The summed E-state index contributed by atoms with van der Waals surface area (Å²) in [6.45, 7) is -1.92. The van der Waals surface area contributed by atoms with Crippen LogP contribution in [0.25, 0.3) is 21.6 Å². The van der Waals surface area contributed by atoms with E-state index in [-0.39, 0.29) is 17.1 Å². The van der Waals surface area contributed by atoms with Crippen LogP contribution in [0.2, 0.25) is 0 Å². The van der Waals surface area contributed by atoms with Gasteiger partial charge in [0.1, 0.15) is 36.6 Å². The third kappa shape index (κ3) is 6.60. The van der Waals surface area contributed by atoms with E-state index in [9.17, 15) is 49.2 Å². The second-order valence-electron chi connectivity index (χ2n) is 8.64. The predicted octanol–water partition coefficient (Wildman–Crippen LogP) is -3.31. The number of nitrogens with one attached hydrogen (secondary N) is 1. The normalized spacial score (nSPS) is 35.0. The third-order valence-corrected chi connectivity index (χ3v) is 8.54. The lowest BCUT2D eigenvalue weighted by Crippen LogP contribution is -2.58. The van der Waals surface area contributed by atoms with Crippen LogP contribution in [0.1, 0.15) is 6.23 Å². The zero-order valence-electron chi connectivity index (χ0n) is 20.2. The number of hydrogen-bond acceptors (Lipinski definition) is 17. The maximum absolute atomic E-state index is 12.4. The van der Waals surface area contributed by atoms with Gasteiger partial charge in [-0.2, -0.15) is 9.29 Å². The molecule has 10 N–H and O–H groups in total. The molecule has 2 aliphatic rings. The van der Waals surface area contributed by atoms with E-state index in [0.717, 1.165) is 10.9 Å². The minimum atomic E-state index is -5.64. The second-order valence-corrected chi connectivity index (χ2v) is 11.6. The molecule has 2 saturated heterocycles. The molecule has 41 heavy (non-hydrogen) atoms. The number of aromatic amines is 1. The Morgan fingerprint density at radius 1 is 1.12 bits per heavy atom. The molecule has 228 valence electrons. The molecule has 2 aromatic heterocycles. The largest absolute Gasteiger partial charge is 0.483 e. The van der Waals surface area contributed by atoms with E-state index >= 15 is 0 Å². The lowest BCUT2D eigenvalue weighted by atomic mass is 9.98. The number of aliphatic hydroxyl groups excluding tert-OH is 5.